The third kappa shape index (κ3) is 3.00. The van der Waals surface area contributed by atoms with Crippen LogP contribution in [0.5, 0.6) is 0 Å². The summed E-state index contributed by atoms with van der Waals surface area (Å²) in [7, 11) is 0. The van der Waals surface area contributed by atoms with Crippen molar-refractivity contribution in [3.05, 3.63) is 23.4 Å². The number of hydrogen-bond donors (Lipinski definition) is 1. The Bertz CT molecular complexity index is 387. The van der Waals surface area contributed by atoms with E-state index in [0.29, 0.717) is 12.6 Å². The second-order valence-electron chi connectivity index (χ2n) is 4.83. The number of piperidine rings is 1. The van der Waals surface area contributed by atoms with Gasteiger partial charge in [-0.25, -0.2) is 4.98 Å². The highest BCUT2D eigenvalue weighted by Crippen LogP contribution is 2.23. The van der Waals surface area contributed by atoms with E-state index < -0.39 is 0 Å². The van der Waals surface area contributed by atoms with Crippen LogP contribution in [0.1, 0.15) is 30.9 Å². The molecule has 0 atom stereocenters. The molecule has 2 N–H and O–H groups in total. The van der Waals surface area contributed by atoms with E-state index in [1.807, 2.05) is 6.20 Å². The molecule has 18 heavy (non-hydrogen) atoms. The first kappa shape index (κ1) is 13.3. The SMILES string of the molecule is CCOC1CCN(c2ncc(CN)cc2C)CC1. The topological polar surface area (TPSA) is 51.4 Å². The fourth-order valence-corrected chi connectivity index (χ4v) is 2.54. The van der Waals surface area contributed by atoms with Crippen LogP contribution in [0.15, 0.2) is 12.3 Å². The maximum atomic E-state index is 5.67. The van der Waals surface area contributed by atoms with Crippen LogP contribution in [0.25, 0.3) is 0 Å². The molecule has 0 amide bonds. The van der Waals surface area contributed by atoms with Gasteiger partial charge in [0, 0.05) is 32.4 Å². The molecule has 0 bridgehead atoms. The van der Waals surface area contributed by atoms with E-state index in [9.17, 15) is 0 Å². The van der Waals surface area contributed by atoms with E-state index >= 15 is 0 Å². The number of ether oxygens (including phenoxy) is 1. The van der Waals surface area contributed by atoms with Crippen molar-refractivity contribution >= 4 is 5.82 Å². The normalized spacial score (nSPS) is 17.2. The zero-order valence-electron chi connectivity index (χ0n) is 11.4. The van der Waals surface area contributed by atoms with Crippen LogP contribution in [-0.4, -0.2) is 30.8 Å². The summed E-state index contributed by atoms with van der Waals surface area (Å²) in [5, 5.41) is 0. The average Bonchev–Trinajstić information content (AvgIpc) is 2.40. The molecule has 100 valence electrons. The predicted octanol–water partition coefficient (Wildman–Crippen LogP) is 1.85. The minimum atomic E-state index is 0.426. The summed E-state index contributed by atoms with van der Waals surface area (Å²) >= 11 is 0. The Kier molecular flexibility index (Phi) is 4.55. The zero-order valence-corrected chi connectivity index (χ0v) is 11.4. The highest BCUT2D eigenvalue weighted by atomic mass is 16.5. The van der Waals surface area contributed by atoms with Gasteiger partial charge >= 0.3 is 0 Å². The van der Waals surface area contributed by atoms with E-state index in [2.05, 4.69) is 29.8 Å². The molecular weight excluding hydrogens is 226 g/mol. The largest absolute Gasteiger partial charge is 0.378 e. The van der Waals surface area contributed by atoms with Crippen LogP contribution < -0.4 is 10.6 Å². The molecule has 2 rings (SSSR count). The molecule has 1 saturated heterocycles. The lowest BCUT2D eigenvalue weighted by molar-refractivity contribution is 0.0458. The standard InChI is InChI=1S/C14H23N3O/c1-3-18-13-4-6-17(7-5-13)14-11(2)8-12(9-15)10-16-14/h8,10,13H,3-7,9,15H2,1-2H3. The van der Waals surface area contributed by atoms with Gasteiger partial charge in [-0.05, 0) is 43.9 Å². The molecule has 1 aromatic heterocycles. The molecule has 0 saturated carbocycles. The van der Waals surface area contributed by atoms with Gasteiger partial charge in [0.1, 0.15) is 5.82 Å². The molecule has 2 heterocycles. The van der Waals surface area contributed by atoms with E-state index in [1.165, 1.54) is 5.56 Å². The quantitative estimate of drug-likeness (QED) is 0.885. The Morgan fingerprint density at radius 3 is 2.72 bits per heavy atom. The Morgan fingerprint density at radius 2 is 2.17 bits per heavy atom. The van der Waals surface area contributed by atoms with Crippen LogP contribution in [0, 0.1) is 6.92 Å². The van der Waals surface area contributed by atoms with Gasteiger partial charge in [-0.3, -0.25) is 0 Å². The number of aryl methyl sites for hydroxylation is 1. The van der Waals surface area contributed by atoms with Gasteiger partial charge in [0.05, 0.1) is 6.10 Å². The number of hydrogen-bond acceptors (Lipinski definition) is 4. The molecule has 4 nitrogen and oxygen atoms in total. The monoisotopic (exact) mass is 249 g/mol. The van der Waals surface area contributed by atoms with Crippen LogP contribution in [0.2, 0.25) is 0 Å². The molecule has 0 aliphatic carbocycles. The van der Waals surface area contributed by atoms with Gasteiger partial charge in [0.15, 0.2) is 0 Å². The van der Waals surface area contributed by atoms with Crippen molar-refractivity contribution in [3.63, 3.8) is 0 Å². The van der Waals surface area contributed by atoms with Gasteiger partial charge in [-0.15, -0.1) is 0 Å². The number of anilines is 1. The first-order valence-corrected chi connectivity index (χ1v) is 6.76. The zero-order chi connectivity index (χ0) is 13.0. The molecule has 1 aliphatic heterocycles. The molecule has 0 radical (unpaired) electrons. The van der Waals surface area contributed by atoms with E-state index in [0.717, 1.165) is 43.9 Å². The summed E-state index contributed by atoms with van der Waals surface area (Å²) in [6.07, 6.45) is 4.49. The Balaban J connectivity index is 2.01. The van der Waals surface area contributed by atoms with E-state index in [4.69, 9.17) is 10.5 Å². The highest BCUT2D eigenvalue weighted by Gasteiger charge is 2.21. The van der Waals surface area contributed by atoms with Gasteiger partial charge in [-0.2, -0.15) is 0 Å². The lowest BCUT2D eigenvalue weighted by atomic mass is 10.1. The molecule has 0 aromatic carbocycles. The molecule has 4 heteroatoms. The van der Waals surface area contributed by atoms with Crippen molar-refractivity contribution in [2.45, 2.75) is 39.3 Å². The van der Waals surface area contributed by atoms with Gasteiger partial charge < -0.3 is 15.4 Å². The van der Waals surface area contributed by atoms with Crippen molar-refractivity contribution in [1.29, 1.82) is 0 Å². The number of pyridine rings is 1. The Hall–Kier alpha value is -1.13. The maximum absolute atomic E-state index is 5.67. The summed E-state index contributed by atoms with van der Waals surface area (Å²) in [6.45, 7) is 7.59. The van der Waals surface area contributed by atoms with Crippen molar-refractivity contribution in [2.75, 3.05) is 24.6 Å². The van der Waals surface area contributed by atoms with E-state index in [1.54, 1.807) is 0 Å². The number of nitrogens with two attached hydrogens (primary N) is 1. The second-order valence-corrected chi connectivity index (χ2v) is 4.83. The maximum Gasteiger partial charge on any atom is 0.131 e. The van der Waals surface area contributed by atoms with Crippen molar-refractivity contribution in [2.24, 2.45) is 5.73 Å². The molecule has 1 fully saturated rings. The Labute approximate surface area is 109 Å². The molecule has 0 spiro atoms. The molecule has 1 aliphatic rings. The van der Waals surface area contributed by atoms with Crippen LogP contribution >= 0.6 is 0 Å². The first-order valence-electron chi connectivity index (χ1n) is 6.76. The molecule has 0 unspecified atom stereocenters. The molecular formula is C14H23N3O. The van der Waals surface area contributed by atoms with E-state index in [-0.39, 0.29) is 0 Å². The number of aromatic nitrogens is 1. The summed E-state index contributed by atoms with van der Waals surface area (Å²) < 4.78 is 5.67. The lowest BCUT2D eigenvalue weighted by Gasteiger charge is -2.33. The number of rotatable bonds is 4. The van der Waals surface area contributed by atoms with Crippen molar-refractivity contribution in [1.82, 2.24) is 4.98 Å². The van der Waals surface area contributed by atoms with Gasteiger partial charge in [0.2, 0.25) is 0 Å². The third-order valence-corrected chi connectivity index (χ3v) is 3.49. The average molecular weight is 249 g/mol. The second kappa shape index (κ2) is 6.16. The van der Waals surface area contributed by atoms with Gasteiger partial charge in [-0.1, -0.05) is 0 Å². The minimum Gasteiger partial charge on any atom is -0.378 e. The fraction of sp³-hybridized carbons (Fsp3) is 0.643. The van der Waals surface area contributed by atoms with Crippen LogP contribution in [0.4, 0.5) is 5.82 Å². The number of nitrogens with zero attached hydrogens (tertiary/aromatic N) is 2. The minimum absolute atomic E-state index is 0.426. The third-order valence-electron chi connectivity index (χ3n) is 3.49. The highest BCUT2D eigenvalue weighted by molar-refractivity contribution is 5.47. The predicted molar refractivity (Wildman–Crippen MR) is 73.7 cm³/mol. The fourth-order valence-electron chi connectivity index (χ4n) is 2.54. The Morgan fingerprint density at radius 1 is 1.44 bits per heavy atom. The summed E-state index contributed by atoms with van der Waals surface area (Å²) in [6, 6.07) is 2.14. The van der Waals surface area contributed by atoms with Gasteiger partial charge in [0.25, 0.3) is 0 Å². The summed E-state index contributed by atoms with van der Waals surface area (Å²) in [4.78, 5) is 6.90. The summed E-state index contributed by atoms with van der Waals surface area (Å²) in [5.74, 6) is 1.10. The lowest BCUT2D eigenvalue weighted by Crippen LogP contribution is -2.37. The first-order chi connectivity index (χ1) is 8.74. The van der Waals surface area contributed by atoms with Crippen LogP contribution in [-0.2, 0) is 11.3 Å². The smallest absolute Gasteiger partial charge is 0.131 e. The molecule has 1 aromatic rings. The van der Waals surface area contributed by atoms with Crippen molar-refractivity contribution < 1.29 is 4.74 Å². The summed E-state index contributed by atoms with van der Waals surface area (Å²) in [5.41, 5.74) is 7.94. The van der Waals surface area contributed by atoms with Crippen LogP contribution in [0.3, 0.4) is 0 Å². The van der Waals surface area contributed by atoms with Crippen molar-refractivity contribution in [3.8, 4) is 0 Å².